The highest BCUT2D eigenvalue weighted by atomic mass is 35.5. The maximum Gasteiger partial charge on any atom is 0.459 e. The van der Waals surface area contributed by atoms with E-state index in [0.29, 0.717) is 10.6 Å². The van der Waals surface area contributed by atoms with E-state index >= 15 is 0 Å². The Morgan fingerprint density at radius 1 is 1.31 bits per heavy atom. The fourth-order valence-electron chi connectivity index (χ4n) is 0.948. The highest BCUT2D eigenvalue weighted by Crippen LogP contribution is 2.22. The van der Waals surface area contributed by atoms with Crippen LogP contribution >= 0.6 is 11.6 Å². The molecule has 0 amide bonds. The lowest BCUT2D eigenvalue weighted by Crippen LogP contribution is -1.76. The molecule has 0 bridgehead atoms. The zero-order valence-corrected chi connectivity index (χ0v) is 7.15. The van der Waals surface area contributed by atoms with Crippen LogP contribution in [0.2, 0.25) is 5.02 Å². The van der Waals surface area contributed by atoms with Gasteiger partial charge in [0.15, 0.2) is 0 Å². The third kappa shape index (κ3) is 1.62. The second-order valence-electron chi connectivity index (χ2n) is 2.38. The minimum atomic E-state index is -0.699. The SMILES string of the molecule is [O]c1nnc(-c2cccc(Cl)c2)o1. The molecular weight excluding hydrogens is 192 g/mol. The summed E-state index contributed by atoms with van der Waals surface area (Å²) < 4.78 is 4.69. The van der Waals surface area contributed by atoms with Gasteiger partial charge in [-0.1, -0.05) is 22.8 Å². The van der Waals surface area contributed by atoms with Gasteiger partial charge in [0.05, 0.1) is 0 Å². The maximum absolute atomic E-state index is 10.6. The van der Waals surface area contributed by atoms with Crippen molar-refractivity contribution >= 4 is 11.6 Å². The van der Waals surface area contributed by atoms with Crippen LogP contribution in [-0.2, 0) is 5.11 Å². The van der Waals surface area contributed by atoms with Crippen LogP contribution < -0.4 is 0 Å². The van der Waals surface area contributed by atoms with Crippen molar-refractivity contribution in [2.45, 2.75) is 0 Å². The Kier molecular flexibility index (Phi) is 1.90. The molecule has 1 aromatic heterocycles. The van der Waals surface area contributed by atoms with E-state index < -0.39 is 6.08 Å². The van der Waals surface area contributed by atoms with Gasteiger partial charge in [-0.3, -0.25) is 0 Å². The van der Waals surface area contributed by atoms with Crippen molar-refractivity contribution in [2.24, 2.45) is 0 Å². The number of aromatic nitrogens is 2. The lowest BCUT2D eigenvalue weighted by Gasteiger charge is -1.93. The van der Waals surface area contributed by atoms with Gasteiger partial charge in [0.2, 0.25) is 0 Å². The Bertz CT molecular complexity index is 428. The molecule has 1 aromatic carbocycles. The summed E-state index contributed by atoms with van der Waals surface area (Å²) in [6, 6.07) is 6.85. The van der Waals surface area contributed by atoms with Crippen molar-refractivity contribution in [2.75, 3.05) is 0 Å². The molecule has 0 fully saturated rings. The highest BCUT2D eigenvalue weighted by Gasteiger charge is 2.07. The summed E-state index contributed by atoms with van der Waals surface area (Å²) in [6.07, 6.45) is -0.699. The Hall–Kier alpha value is -1.55. The van der Waals surface area contributed by atoms with E-state index in [4.69, 9.17) is 11.6 Å². The van der Waals surface area contributed by atoms with Crippen LogP contribution in [0, 0.1) is 0 Å². The molecule has 4 nitrogen and oxygen atoms in total. The van der Waals surface area contributed by atoms with Crippen LogP contribution in [0.4, 0.5) is 0 Å². The first-order valence-electron chi connectivity index (χ1n) is 3.52. The van der Waals surface area contributed by atoms with Gasteiger partial charge in [-0.2, -0.15) is 0 Å². The number of hydrogen-bond donors (Lipinski definition) is 0. The molecular formula is C8H4ClN2O2. The topological polar surface area (TPSA) is 58.8 Å². The van der Waals surface area contributed by atoms with Crippen LogP contribution in [0.15, 0.2) is 28.7 Å². The molecule has 0 atom stereocenters. The fraction of sp³-hybridized carbons (Fsp3) is 0. The summed E-state index contributed by atoms with van der Waals surface area (Å²) in [5, 5.41) is 17.9. The van der Waals surface area contributed by atoms with Gasteiger partial charge in [-0.05, 0) is 18.2 Å². The Morgan fingerprint density at radius 2 is 2.15 bits per heavy atom. The third-order valence-corrected chi connectivity index (χ3v) is 1.71. The summed E-state index contributed by atoms with van der Waals surface area (Å²) in [4.78, 5) is 0. The highest BCUT2D eigenvalue weighted by molar-refractivity contribution is 6.30. The molecule has 2 aromatic rings. The van der Waals surface area contributed by atoms with Crippen molar-refractivity contribution in [1.82, 2.24) is 10.2 Å². The molecule has 2 rings (SSSR count). The molecule has 0 aliphatic rings. The summed E-state index contributed by atoms with van der Waals surface area (Å²) in [7, 11) is 0. The number of halogens is 1. The van der Waals surface area contributed by atoms with Crippen LogP contribution in [0.5, 0.6) is 6.08 Å². The van der Waals surface area contributed by atoms with Gasteiger partial charge in [-0.15, -0.1) is 5.10 Å². The van der Waals surface area contributed by atoms with Gasteiger partial charge in [0.25, 0.3) is 5.89 Å². The molecule has 0 unspecified atom stereocenters. The molecule has 0 saturated heterocycles. The van der Waals surface area contributed by atoms with Crippen molar-refractivity contribution in [3.63, 3.8) is 0 Å². The third-order valence-electron chi connectivity index (χ3n) is 1.48. The smallest absolute Gasteiger partial charge is 0.386 e. The summed E-state index contributed by atoms with van der Waals surface area (Å²) in [5.74, 6) is 0.188. The largest absolute Gasteiger partial charge is 0.459 e. The summed E-state index contributed by atoms with van der Waals surface area (Å²) >= 11 is 5.73. The molecule has 0 N–H and O–H groups in total. The molecule has 5 heteroatoms. The number of benzene rings is 1. The summed E-state index contributed by atoms with van der Waals surface area (Å²) in [6.45, 7) is 0. The van der Waals surface area contributed by atoms with Crippen LogP contribution in [0.1, 0.15) is 0 Å². The quantitative estimate of drug-likeness (QED) is 0.703. The molecule has 1 radical (unpaired) electrons. The van der Waals surface area contributed by atoms with Crippen LogP contribution in [-0.4, -0.2) is 10.2 Å². The van der Waals surface area contributed by atoms with Gasteiger partial charge in [0.1, 0.15) is 0 Å². The average molecular weight is 196 g/mol. The van der Waals surface area contributed by atoms with E-state index in [1.54, 1.807) is 24.3 Å². The van der Waals surface area contributed by atoms with E-state index in [1.165, 1.54) is 0 Å². The van der Waals surface area contributed by atoms with Gasteiger partial charge in [0, 0.05) is 10.6 Å². The van der Waals surface area contributed by atoms with Crippen molar-refractivity contribution in [3.05, 3.63) is 29.3 Å². The van der Waals surface area contributed by atoms with Crippen molar-refractivity contribution in [3.8, 4) is 17.5 Å². The number of hydrogen-bond acceptors (Lipinski definition) is 3. The number of rotatable bonds is 1. The first-order valence-corrected chi connectivity index (χ1v) is 3.90. The normalized spacial score (nSPS) is 10.2. The van der Waals surface area contributed by atoms with E-state index in [2.05, 4.69) is 14.6 Å². The lowest BCUT2D eigenvalue weighted by atomic mass is 10.2. The van der Waals surface area contributed by atoms with Crippen LogP contribution in [0.3, 0.4) is 0 Å². The predicted octanol–water partition coefficient (Wildman–Crippen LogP) is 2.53. The Morgan fingerprint density at radius 3 is 2.77 bits per heavy atom. The molecule has 0 aliphatic heterocycles. The maximum atomic E-state index is 10.6. The molecule has 0 aliphatic carbocycles. The molecule has 0 saturated carbocycles. The molecule has 65 valence electrons. The predicted molar refractivity (Wildman–Crippen MR) is 44.9 cm³/mol. The van der Waals surface area contributed by atoms with E-state index in [-0.39, 0.29) is 5.89 Å². The lowest BCUT2D eigenvalue weighted by molar-refractivity contribution is 0.239. The first kappa shape index (κ1) is 8.07. The summed E-state index contributed by atoms with van der Waals surface area (Å²) in [5.41, 5.74) is 0.641. The van der Waals surface area contributed by atoms with Gasteiger partial charge in [-0.25, -0.2) is 5.11 Å². The van der Waals surface area contributed by atoms with E-state index in [0.717, 1.165) is 0 Å². The van der Waals surface area contributed by atoms with Crippen molar-refractivity contribution < 1.29 is 9.52 Å². The number of nitrogens with zero attached hydrogens (tertiary/aromatic N) is 2. The minimum Gasteiger partial charge on any atom is -0.386 e. The van der Waals surface area contributed by atoms with Crippen molar-refractivity contribution in [1.29, 1.82) is 0 Å². The average Bonchev–Trinajstić information content (AvgIpc) is 2.52. The van der Waals surface area contributed by atoms with E-state index in [1.807, 2.05) is 0 Å². The van der Waals surface area contributed by atoms with Gasteiger partial charge < -0.3 is 4.42 Å². The second kappa shape index (κ2) is 3.06. The monoisotopic (exact) mass is 195 g/mol. The zero-order valence-electron chi connectivity index (χ0n) is 6.40. The minimum absolute atomic E-state index is 0.188. The standard InChI is InChI=1S/C8H4ClN2O2/c9-6-3-1-2-5(4-6)7-10-11-8(12)13-7/h1-4H. The Labute approximate surface area is 78.8 Å². The Balaban J connectivity index is 2.46. The molecule has 0 spiro atoms. The second-order valence-corrected chi connectivity index (χ2v) is 2.82. The van der Waals surface area contributed by atoms with Crippen LogP contribution in [0.25, 0.3) is 11.5 Å². The van der Waals surface area contributed by atoms with Gasteiger partial charge >= 0.3 is 6.08 Å². The molecule has 13 heavy (non-hydrogen) atoms. The zero-order chi connectivity index (χ0) is 9.26. The molecule has 1 heterocycles. The van der Waals surface area contributed by atoms with E-state index in [9.17, 15) is 5.11 Å². The first-order chi connectivity index (χ1) is 6.25. The fourth-order valence-corrected chi connectivity index (χ4v) is 1.14.